The van der Waals surface area contributed by atoms with Crippen LogP contribution in [0.4, 0.5) is 17.6 Å². The molecule has 8 N–H and O–H groups in total. The number of aliphatic hydroxyl groups is 2. The van der Waals surface area contributed by atoms with E-state index in [2.05, 4.69) is 20.3 Å². The van der Waals surface area contributed by atoms with Crippen molar-refractivity contribution in [3.05, 3.63) is 59.9 Å². The second kappa shape index (κ2) is 10.9. The Morgan fingerprint density at radius 3 is 2.29 bits per heavy atom. The van der Waals surface area contributed by atoms with Gasteiger partial charge in [-0.1, -0.05) is 18.2 Å². The number of phenols is 1. The van der Waals surface area contributed by atoms with Crippen LogP contribution in [-0.4, -0.2) is 73.6 Å². The molecule has 1 aromatic heterocycles. The molecule has 38 heavy (non-hydrogen) atoms. The maximum absolute atomic E-state index is 12.5. The fourth-order valence-electron chi connectivity index (χ4n) is 4.87. The van der Waals surface area contributed by atoms with Crippen LogP contribution in [0, 0.1) is 0 Å². The molecule has 1 aliphatic carbocycles. The number of aromatic hydroxyl groups is 1. The van der Waals surface area contributed by atoms with Gasteiger partial charge < -0.3 is 41.7 Å². The van der Waals surface area contributed by atoms with Gasteiger partial charge in [0.05, 0.1) is 12.2 Å². The first-order valence-corrected chi connectivity index (χ1v) is 12.5. The summed E-state index contributed by atoms with van der Waals surface area (Å²) in [6.07, 6.45) is -0.370. The number of nitrogens with two attached hydrogens (primary N) is 2. The molecule has 2 aromatic carbocycles. The van der Waals surface area contributed by atoms with Crippen molar-refractivity contribution >= 4 is 23.6 Å². The fourth-order valence-corrected chi connectivity index (χ4v) is 4.87. The number of para-hydroxylation sites is 1. The van der Waals surface area contributed by atoms with Crippen LogP contribution in [0.3, 0.4) is 0 Å². The van der Waals surface area contributed by atoms with Crippen molar-refractivity contribution in [2.45, 2.75) is 49.5 Å². The zero-order valence-corrected chi connectivity index (χ0v) is 20.6. The van der Waals surface area contributed by atoms with E-state index in [4.69, 9.17) is 16.2 Å². The Bertz CT molecular complexity index is 1270. The number of aromatic nitrogens is 3. The number of hydrogen-bond donors (Lipinski definition) is 6. The lowest BCUT2D eigenvalue weighted by Crippen LogP contribution is -2.53. The average Bonchev–Trinajstić information content (AvgIpc) is 3.22. The van der Waals surface area contributed by atoms with Crippen molar-refractivity contribution in [3.63, 3.8) is 0 Å². The van der Waals surface area contributed by atoms with Crippen LogP contribution in [0.25, 0.3) is 0 Å². The molecule has 2 aliphatic rings. The lowest BCUT2D eigenvalue weighted by atomic mass is 10.0. The molecule has 0 spiro atoms. The number of anilines is 3. The summed E-state index contributed by atoms with van der Waals surface area (Å²) in [5.41, 5.74) is 12.8. The molecule has 0 amide bonds. The number of carbonyl (C=O) groups excluding carboxylic acids is 1. The van der Waals surface area contributed by atoms with Gasteiger partial charge in [-0.2, -0.15) is 15.0 Å². The standard InChI is InChI=1S/C26H31N7O5/c27-15-10-16(28)13-33(12-15)26-31-23(14-8-21(35)22(36)9-14)30-25(32-26)29-17-6-7-19(20(34)11-17)24(37)38-18-4-2-1-3-5-18/h1-7,11,14-16,21-22,34-36H,8-10,12-13,27-28H2,(H,29,30,31,32)/t14?,15-,16+,21-,22+. The van der Waals surface area contributed by atoms with Gasteiger partial charge in [-0.25, -0.2) is 4.79 Å². The van der Waals surface area contributed by atoms with Gasteiger partial charge in [0.1, 0.15) is 22.9 Å². The third-order valence-electron chi connectivity index (χ3n) is 6.73. The van der Waals surface area contributed by atoms with Gasteiger partial charge in [0.25, 0.3) is 0 Å². The van der Waals surface area contributed by atoms with E-state index in [0.717, 1.165) is 0 Å². The summed E-state index contributed by atoms with van der Waals surface area (Å²) in [5.74, 6) is 0.134. The minimum atomic E-state index is -0.853. The lowest BCUT2D eigenvalue weighted by molar-refractivity contribution is 0.0438. The zero-order chi connectivity index (χ0) is 26.8. The summed E-state index contributed by atoms with van der Waals surface area (Å²) in [6, 6.07) is 12.7. The summed E-state index contributed by atoms with van der Waals surface area (Å²) in [7, 11) is 0. The molecular formula is C26H31N7O5. The van der Waals surface area contributed by atoms with Crippen LogP contribution in [0.1, 0.15) is 41.4 Å². The number of phenolic OH excluding ortho intramolecular Hbond substituents is 1. The number of nitrogens with zero attached hydrogens (tertiary/aromatic N) is 4. The molecule has 0 radical (unpaired) electrons. The Kier molecular flexibility index (Phi) is 7.38. The molecule has 0 bridgehead atoms. The smallest absolute Gasteiger partial charge is 0.347 e. The summed E-state index contributed by atoms with van der Waals surface area (Å²) < 4.78 is 5.31. The summed E-state index contributed by atoms with van der Waals surface area (Å²) >= 11 is 0. The number of nitrogens with one attached hydrogen (secondary N) is 1. The van der Waals surface area contributed by atoms with Crippen molar-refractivity contribution < 1.29 is 24.9 Å². The Hall–Kier alpha value is -3.84. The molecule has 3 aromatic rings. The van der Waals surface area contributed by atoms with Crippen molar-refractivity contribution in [1.82, 2.24) is 15.0 Å². The third kappa shape index (κ3) is 5.83. The molecule has 5 atom stereocenters. The van der Waals surface area contributed by atoms with E-state index >= 15 is 0 Å². The Balaban J connectivity index is 1.40. The quantitative estimate of drug-likeness (QED) is 0.199. The van der Waals surface area contributed by atoms with Crippen LogP contribution in [-0.2, 0) is 0 Å². The number of aliphatic hydroxyl groups excluding tert-OH is 2. The first-order valence-electron chi connectivity index (χ1n) is 12.5. The molecule has 200 valence electrons. The molecule has 12 heteroatoms. The number of hydrogen-bond acceptors (Lipinski definition) is 12. The number of ether oxygens (including phenoxy) is 1. The molecule has 1 aliphatic heterocycles. The highest BCUT2D eigenvalue weighted by Crippen LogP contribution is 2.34. The molecule has 5 rings (SSSR count). The van der Waals surface area contributed by atoms with E-state index in [1.54, 1.807) is 36.4 Å². The van der Waals surface area contributed by atoms with E-state index in [9.17, 15) is 20.1 Å². The van der Waals surface area contributed by atoms with Gasteiger partial charge in [-0.05, 0) is 43.5 Å². The first kappa shape index (κ1) is 25.8. The zero-order valence-electron chi connectivity index (χ0n) is 20.6. The summed E-state index contributed by atoms with van der Waals surface area (Å²) in [4.78, 5) is 28.1. The van der Waals surface area contributed by atoms with Crippen molar-refractivity contribution in [1.29, 1.82) is 0 Å². The Morgan fingerprint density at radius 2 is 1.63 bits per heavy atom. The van der Waals surface area contributed by atoms with Gasteiger partial charge in [-0.15, -0.1) is 0 Å². The molecule has 12 nitrogen and oxygen atoms in total. The minimum absolute atomic E-state index is 0.00153. The van der Waals surface area contributed by atoms with Gasteiger partial charge in [0.2, 0.25) is 11.9 Å². The van der Waals surface area contributed by atoms with Gasteiger partial charge in [0, 0.05) is 42.8 Å². The van der Waals surface area contributed by atoms with E-state index in [0.29, 0.717) is 55.6 Å². The van der Waals surface area contributed by atoms with Crippen molar-refractivity contribution in [2.24, 2.45) is 11.5 Å². The SMILES string of the molecule is N[C@@H]1C[C@H](N)CN(c2nc(Nc3ccc(C(=O)Oc4ccccc4)c(O)c3)nc(C3C[C@@H](O)[C@@H](O)C3)n2)C1. The van der Waals surface area contributed by atoms with Crippen LogP contribution in [0.5, 0.6) is 11.5 Å². The minimum Gasteiger partial charge on any atom is -0.507 e. The highest BCUT2D eigenvalue weighted by Gasteiger charge is 2.35. The first-order chi connectivity index (χ1) is 18.2. The van der Waals surface area contributed by atoms with E-state index < -0.39 is 18.2 Å². The monoisotopic (exact) mass is 521 g/mol. The predicted molar refractivity (Wildman–Crippen MR) is 139 cm³/mol. The molecule has 1 saturated carbocycles. The average molecular weight is 522 g/mol. The maximum atomic E-state index is 12.5. The van der Waals surface area contributed by atoms with Crippen LogP contribution >= 0.6 is 0 Å². The second-order valence-corrected chi connectivity index (χ2v) is 9.84. The molecular weight excluding hydrogens is 490 g/mol. The third-order valence-corrected chi connectivity index (χ3v) is 6.73. The highest BCUT2D eigenvalue weighted by atomic mass is 16.5. The molecule has 1 unspecified atom stereocenters. The number of piperidine rings is 1. The van der Waals surface area contributed by atoms with E-state index in [-0.39, 0.29) is 35.3 Å². The number of rotatable bonds is 6. The van der Waals surface area contributed by atoms with Crippen molar-refractivity contribution in [2.75, 3.05) is 23.3 Å². The predicted octanol–water partition coefficient (Wildman–Crippen LogP) is 1.00. The second-order valence-electron chi connectivity index (χ2n) is 9.84. The highest BCUT2D eigenvalue weighted by molar-refractivity contribution is 5.94. The van der Waals surface area contributed by atoms with Gasteiger partial charge in [0.15, 0.2) is 0 Å². The normalized spacial score (nSPS) is 25.3. The molecule has 2 heterocycles. The summed E-state index contributed by atoms with van der Waals surface area (Å²) in [5, 5.41) is 33.7. The number of benzene rings is 2. The summed E-state index contributed by atoms with van der Waals surface area (Å²) in [6.45, 7) is 1.04. The van der Waals surface area contributed by atoms with Crippen LogP contribution in [0.2, 0.25) is 0 Å². The molecule has 2 fully saturated rings. The van der Waals surface area contributed by atoms with E-state index in [1.807, 2.05) is 4.90 Å². The van der Waals surface area contributed by atoms with Crippen LogP contribution in [0.15, 0.2) is 48.5 Å². The Labute approximate surface area is 219 Å². The largest absolute Gasteiger partial charge is 0.507 e. The topological polar surface area (TPSA) is 193 Å². The van der Waals surface area contributed by atoms with E-state index in [1.165, 1.54) is 12.1 Å². The maximum Gasteiger partial charge on any atom is 0.347 e. The number of carbonyl (C=O) groups is 1. The lowest BCUT2D eigenvalue weighted by Gasteiger charge is -2.34. The number of esters is 1. The Morgan fingerprint density at radius 1 is 0.947 bits per heavy atom. The fraction of sp³-hybridized carbons (Fsp3) is 0.385. The molecule has 1 saturated heterocycles. The van der Waals surface area contributed by atoms with Crippen molar-refractivity contribution in [3.8, 4) is 11.5 Å². The van der Waals surface area contributed by atoms with Crippen LogP contribution < -0.4 is 26.4 Å². The van der Waals surface area contributed by atoms with Gasteiger partial charge in [-0.3, -0.25) is 0 Å². The van der Waals surface area contributed by atoms with Gasteiger partial charge >= 0.3 is 5.97 Å².